The molecule has 0 aliphatic carbocycles. The molecule has 2 aromatic heterocycles. The van der Waals surface area contributed by atoms with Gasteiger partial charge in [-0.05, 0) is 19.1 Å². The van der Waals surface area contributed by atoms with Crippen molar-refractivity contribution in [2.75, 3.05) is 5.32 Å². The maximum absolute atomic E-state index is 11.3. The van der Waals surface area contributed by atoms with Crippen LogP contribution >= 0.6 is 11.6 Å². The molecule has 0 spiro atoms. The summed E-state index contributed by atoms with van der Waals surface area (Å²) in [5, 5.41) is 2.09. The summed E-state index contributed by atoms with van der Waals surface area (Å²) in [7, 11) is 0. The molecular weight excluding hydrogens is 240 g/mol. The van der Waals surface area contributed by atoms with E-state index < -0.39 is 5.38 Å². The Labute approximate surface area is 103 Å². The molecule has 0 radical (unpaired) electrons. The smallest absolute Gasteiger partial charge is 0.242 e. The summed E-state index contributed by atoms with van der Waals surface area (Å²) in [4.78, 5) is 19.5. The molecule has 1 atom stereocenters. The lowest BCUT2D eigenvalue weighted by Gasteiger charge is -2.07. The van der Waals surface area contributed by atoms with Gasteiger partial charge >= 0.3 is 0 Å². The van der Waals surface area contributed by atoms with Gasteiger partial charge in [0.2, 0.25) is 5.91 Å². The van der Waals surface area contributed by atoms with Crippen LogP contribution in [-0.2, 0) is 4.79 Å². The van der Waals surface area contributed by atoms with Crippen LogP contribution in [0.15, 0.2) is 37.1 Å². The van der Waals surface area contributed by atoms with E-state index in [4.69, 9.17) is 11.6 Å². The van der Waals surface area contributed by atoms with Crippen LogP contribution < -0.4 is 5.32 Å². The molecular formula is C11H11ClN4O. The molecule has 0 saturated carbocycles. The highest BCUT2D eigenvalue weighted by Crippen LogP contribution is 2.10. The molecule has 0 bridgehead atoms. The second-order valence-electron chi connectivity index (χ2n) is 3.48. The molecule has 0 aromatic carbocycles. The van der Waals surface area contributed by atoms with Gasteiger partial charge in [-0.15, -0.1) is 11.6 Å². The minimum absolute atomic E-state index is 0.246. The third kappa shape index (κ3) is 2.82. The van der Waals surface area contributed by atoms with Crippen molar-refractivity contribution in [3.8, 4) is 5.82 Å². The van der Waals surface area contributed by atoms with Crippen LogP contribution in [0.25, 0.3) is 5.82 Å². The van der Waals surface area contributed by atoms with Crippen molar-refractivity contribution in [3.05, 3.63) is 37.1 Å². The van der Waals surface area contributed by atoms with E-state index in [1.807, 2.05) is 0 Å². The second kappa shape index (κ2) is 4.97. The van der Waals surface area contributed by atoms with Gasteiger partial charge in [-0.2, -0.15) is 0 Å². The SMILES string of the molecule is CC(Cl)C(=O)Nc1ccc(-n2ccnc2)nc1. The summed E-state index contributed by atoms with van der Waals surface area (Å²) in [6.45, 7) is 1.62. The lowest BCUT2D eigenvalue weighted by atomic mass is 10.3. The molecule has 0 saturated heterocycles. The molecule has 0 fully saturated rings. The summed E-state index contributed by atoms with van der Waals surface area (Å²) < 4.78 is 1.77. The number of hydrogen-bond acceptors (Lipinski definition) is 3. The van der Waals surface area contributed by atoms with Crippen LogP contribution in [0.5, 0.6) is 0 Å². The number of amides is 1. The first-order chi connectivity index (χ1) is 8.16. The zero-order valence-corrected chi connectivity index (χ0v) is 9.93. The second-order valence-corrected chi connectivity index (χ2v) is 4.13. The van der Waals surface area contributed by atoms with Crippen molar-refractivity contribution in [2.24, 2.45) is 0 Å². The van der Waals surface area contributed by atoms with Gasteiger partial charge in [0.1, 0.15) is 17.5 Å². The first-order valence-corrected chi connectivity index (χ1v) is 5.50. The number of carbonyl (C=O) groups is 1. The molecule has 6 heteroatoms. The van der Waals surface area contributed by atoms with E-state index in [9.17, 15) is 4.79 Å². The normalized spacial score (nSPS) is 12.1. The Kier molecular flexibility index (Phi) is 3.39. The van der Waals surface area contributed by atoms with E-state index in [2.05, 4.69) is 15.3 Å². The van der Waals surface area contributed by atoms with Gasteiger partial charge in [-0.25, -0.2) is 9.97 Å². The van der Waals surface area contributed by atoms with Crippen molar-refractivity contribution >= 4 is 23.2 Å². The molecule has 0 aliphatic heterocycles. The number of anilines is 1. The minimum atomic E-state index is -0.566. The number of nitrogens with zero attached hydrogens (tertiary/aromatic N) is 3. The van der Waals surface area contributed by atoms with Gasteiger partial charge < -0.3 is 5.32 Å². The Morgan fingerprint density at radius 1 is 1.53 bits per heavy atom. The Balaban J connectivity index is 2.11. The fourth-order valence-corrected chi connectivity index (χ4v) is 1.30. The molecule has 88 valence electrons. The first-order valence-electron chi connectivity index (χ1n) is 5.06. The van der Waals surface area contributed by atoms with Gasteiger partial charge in [-0.1, -0.05) is 0 Å². The number of halogens is 1. The highest BCUT2D eigenvalue weighted by Gasteiger charge is 2.09. The number of alkyl halides is 1. The van der Waals surface area contributed by atoms with E-state index in [0.29, 0.717) is 5.69 Å². The van der Waals surface area contributed by atoms with Crippen molar-refractivity contribution in [2.45, 2.75) is 12.3 Å². The number of rotatable bonds is 3. The zero-order valence-electron chi connectivity index (χ0n) is 9.17. The van der Waals surface area contributed by atoms with Crippen LogP contribution in [0, 0.1) is 0 Å². The molecule has 2 aromatic rings. The zero-order chi connectivity index (χ0) is 12.3. The third-order valence-electron chi connectivity index (χ3n) is 2.15. The summed E-state index contributed by atoms with van der Waals surface area (Å²) in [5.74, 6) is 0.489. The molecule has 17 heavy (non-hydrogen) atoms. The van der Waals surface area contributed by atoms with Gasteiger partial charge in [0.25, 0.3) is 0 Å². The number of hydrogen-bond donors (Lipinski definition) is 1. The summed E-state index contributed by atoms with van der Waals surface area (Å²) in [6.07, 6.45) is 6.70. The van der Waals surface area contributed by atoms with Crippen LogP contribution in [-0.4, -0.2) is 25.8 Å². The predicted octanol–water partition coefficient (Wildman–Crippen LogP) is 1.83. The quantitative estimate of drug-likeness (QED) is 0.846. The maximum Gasteiger partial charge on any atom is 0.242 e. The fourth-order valence-electron chi connectivity index (χ4n) is 1.25. The largest absolute Gasteiger partial charge is 0.323 e. The van der Waals surface area contributed by atoms with Crippen LogP contribution in [0.2, 0.25) is 0 Å². The number of nitrogens with one attached hydrogen (secondary N) is 1. The lowest BCUT2D eigenvalue weighted by molar-refractivity contribution is -0.115. The van der Waals surface area contributed by atoms with E-state index in [-0.39, 0.29) is 5.91 Å². The van der Waals surface area contributed by atoms with Crippen molar-refractivity contribution in [3.63, 3.8) is 0 Å². The molecule has 5 nitrogen and oxygen atoms in total. The summed E-state index contributed by atoms with van der Waals surface area (Å²) in [6, 6.07) is 3.55. The Morgan fingerprint density at radius 2 is 2.35 bits per heavy atom. The number of pyridine rings is 1. The number of aromatic nitrogens is 3. The highest BCUT2D eigenvalue weighted by atomic mass is 35.5. The topological polar surface area (TPSA) is 59.8 Å². The van der Waals surface area contributed by atoms with Gasteiger partial charge in [0.05, 0.1) is 11.9 Å². The maximum atomic E-state index is 11.3. The van der Waals surface area contributed by atoms with Gasteiger partial charge in [-0.3, -0.25) is 9.36 Å². The molecule has 1 N–H and O–H groups in total. The van der Waals surface area contributed by atoms with Crippen LogP contribution in [0.4, 0.5) is 5.69 Å². The standard InChI is InChI=1S/C11H11ClN4O/c1-8(12)11(17)15-9-2-3-10(14-6-9)16-5-4-13-7-16/h2-8H,1H3,(H,15,17). The molecule has 1 amide bonds. The highest BCUT2D eigenvalue weighted by molar-refractivity contribution is 6.32. The van der Waals surface area contributed by atoms with E-state index in [1.165, 1.54) is 0 Å². The minimum Gasteiger partial charge on any atom is -0.323 e. The Hall–Kier alpha value is -1.88. The van der Waals surface area contributed by atoms with E-state index >= 15 is 0 Å². The van der Waals surface area contributed by atoms with Crippen LogP contribution in [0.1, 0.15) is 6.92 Å². The van der Waals surface area contributed by atoms with Crippen molar-refractivity contribution in [1.29, 1.82) is 0 Å². The summed E-state index contributed by atoms with van der Waals surface area (Å²) >= 11 is 5.65. The van der Waals surface area contributed by atoms with Crippen molar-refractivity contribution < 1.29 is 4.79 Å². The number of imidazole rings is 1. The molecule has 2 heterocycles. The van der Waals surface area contributed by atoms with E-state index in [0.717, 1.165) is 5.82 Å². The molecule has 1 unspecified atom stereocenters. The van der Waals surface area contributed by atoms with Crippen molar-refractivity contribution in [1.82, 2.24) is 14.5 Å². The lowest BCUT2D eigenvalue weighted by Crippen LogP contribution is -2.20. The average molecular weight is 251 g/mol. The number of carbonyl (C=O) groups excluding carboxylic acids is 1. The fraction of sp³-hybridized carbons (Fsp3) is 0.182. The average Bonchev–Trinajstić information content (AvgIpc) is 2.83. The monoisotopic (exact) mass is 250 g/mol. The van der Waals surface area contributed by atoms with E-state index in [1.54, 1.807) is 48.5 Å². The first kappa shape index (κ1) is 11.6. The third-order valence-corrected chi connectivity index (χ3v) is 2.34. The Bertz CT molecular complexity index is 493. The summed E-state index contributed by atoms with van der Waals surface area (Å²) in [5.41, 5.74) is 0.617. The molecule has 2 rings (SSSR count). The Morgan fingerprint density at radius 3 is 2.88 bits per heavy atom. The molecule has 0 aliphatic rings. The predicted molar refractivity (Wildman–Crippen MR) is 65.3 cm³/mol. The van der Waals surface area contributed by atoms with Gasteiger partial charge in [0.15, 0.2) is 0 Å². The van der Waals surface area contributed by atoms with Crippen LogP contribution in [0.3, 0.4) is 0 Å². The van der Waals surface area contributed by atoms with Gasteiger partial charge in [0, 0.05) is 12.4 Å².